The molecule has 3 atom stereocenters. The molecule has 0 radical (unpaired) electrons. The Balaban J connectivity index is 2.58. The molecule has 0 bridgehead atoms. The summed E-state index contributed by atoms with van der Waals surface area (Å²) in [6.45, 7) is 1.80. The van der Waals surface area contributed by atoms with Gasteiger partial charge < -0.3 is 20.8 Å². The van der Waals surface area contributed by atoms with Crippen LogP contribution >= 0.6 is 0 Å². The van der Waals surface area contributed by atoms with E-state index in [1.807, 2.05) is 0 Å². The van der Waals surface area contributed by atoms with Crippen LogP contribution in [0.5, 0.6) is 0 Å². The van der Waals surface area contributed by atoms with E-state index in [1.165, 1.54) is 11.8 Å². The van der Waals surface area contributed by atoms with E-state index in [0.717, 1.165) is 0 Å². The van der Waals surface area contributed by atoms with Crippen LogP contribution in [0.4, 0.5) is 0 Å². The van der Waals surface area contributed by atoms with E-state index < -0.39 is 30.1 Å². The second-order valence-electron chi connectivity index (χ2n) is 3.44. The molecule has 4 N–H and O–H groups in total. The van der Waals surface area contributed by atoms with Gasteiger partial charge in [0.05, 0.1) is 6.10 Å². The smallest absolute Gasteiger partial charge is 0.326 e. The number of aliphatic carboxylic acids is 1. The van der Waals surface area contributed by atoms with Gasteiger partial charge >= 0.3 is 5.97 Å². The van der Waals surface area contributed by atoms with Gasteiger partial charge in [0.25, 0.3) is 0 Å². The van der Waals surface area contributed by atoms with Crippen LogP contribution in [-0.4, -0.2) is 51.7 Å². The Labute approximate surface area is 81.3 Å². The predicted octanol–water partition coefficient (Wildman–Crippen LogP) is -1.62. The van der Waals surface area contributed by atoms with E-state index >= 15 is 0 Å². The van der Waals surface area contributed by atoms with Gasteiger partial charge in [0.1, 0.15) is 12.1 Å². The highest BCUT2D eigenvalue weighted by molar-refractivity contribution is 5.88. The Morgan fingerprint density at radius 3 is 2.43 bits per heavy atom. The van der Waals surface area contributed by atoms with Gasteiger partial charge in [-0.2, -0.15) is 0 Å². The van der Waals surface area contributed by atoms with Crippen molar-refractivity contribution in [2.45, 2.75) is 31.5 Å². The predicted molar refractivity (Wildman–Crippen MR) is 47.4 cm³/mol. The molecule has 0 aromatic rings. The number of nitrogens with two attached hydrogens (primary N) is 1. The first-order chi connectivity index (χ1) is 6.45. The van der Waals surface area contributed by atoms with Crippen LogP contribution in [0.1, 0.15) is 13.3 Å². The molecule has 6 nitrogen and oxygen atoms in total. The Bertz CT molecular complexity index is 254. The summed E-state index contributed by atoms with van der Waals surface area (Å²) in [5.74, 6) is -1.53. The summed E-state index contributed by atoms with van der Waals surface area (Å²) in [7, 11) is 0. The number of hydrogen-bond acceptors (Lipinski definition) is 4. The van der Waals surface area contributed by atoms with Crippen LogP contribution in [0.3, 0.4) is 0 Å². The molecular weight excluding hydrogens is 188 g/mol. The Kier molecular flexibility index (Phi) is 3.07. The molecule has 1 aliphatic rings. The molecule has 1 aliphatic heterocycles. The summed E-state index contributed by atoms with van der Waals surface area (Å²) in [5, 5.41) is 17.7. The van der Waals surface area contributed by atoms with E-state index in [9.17, 15) is 9.59 Å². The van der Waals surface area contributed by atoms with E-state index in [0.29, 0.717) is 13.0 Å². The fourth-order valence-corrected chi connectivity index (χ4v) is 1.31. The van der Waals surface area contributed by atoms with Crippen molar-refractivity contribution in [2.24, 2.45) is 5.73 Å². The van der Waals surface area contributed by atoms with Crippen LogP contribution in [0.15, 0.2) is 0 Å². The number of amides is 1. The minimum Gasteiger partial charge on any atom is -0.480 e. The van der Waals surface area contributed by atoms with Crippen LogP contribution < -0.4 is 5.73 Å². The van der Waals surface area contributed by atoms with Gasteiger partial charge in [-0.05, 0) is 13.3 Å². The minimum absolute atomic E-state index is 0.399. The van der Waals surface area contributed by atoms with Crippen molar-refractivity contribution in [3.8, 4) is 0 Å². The molecule has 6 heteroatoms. The SMILES string of the molecule is C[C@@H](O)[C@H](N)C(=O)N1CC[C@H]1C(=O)O. The highest BCUT2D eigenvalue weighted by atomic mass is 16.4. The summed E-state index contributed by atoms with van der Waals surface area (Å²) in [6.07, 6.45) is -0.509. The van der Waals surface area contributed by atoms with Gasteiger partial charge in [-0.15, -0.1) is 0 Å². The van der Waals surface area contributed by atoms with Gasteiger partial charge in [-0.1, -0.05) is 0 Å². The minimum atomic E-state index is -1.03. The Hall–Kier alpha value is -1.14. The Morgan fingerprint density at radius 2 is 2.14 bits per heavy atom. The topological polar surface area (TPSA) is 104 Å². The number of carbonyl (C=O) groups is 2. The van der Waals surface area contributed by atoms with Gasteiger partial charge in [-0.25, -0.2) is 4.79 Å². The number of hydrogen-bond donors (Lipinski definition) is 3. The van der Waals surface area contributed by atoms with Gasteiger partial charge in [0, 0.05) is 6.54 Å². The molecule has 1 heterocycles. The molecule has 0 aromatic carbocycles. The molecule has 80 valence electrons. The zero-order valence-corrected chi connectivity index (χ0v) is 7.88. The number of rotatable bonds is 3. The number of carbonyl (C=O) groups excluding carboxylic acids is 1. The normalized spacial score (nSPS) is 25.1. The maximum Gasteiger partial charge on any atom is 0.326 e. The van der Waals surface area contributed by atoms with Crippen molar-refractivity contribution in [3.05, 3.63) is 0 Å². The second-order valence-corrected chi connectivity index (χ2v) is 3.44. The lowest BCUT2D eigenvalue weighted by Gasteiger charge is -2.39. The average molecular weight is 202 g/mol. The van der Waals surface area contributed by atoms with E-state index in [1.54, 1.807) is 0 Å². The van der Waals surface area contributed by atoms with Crippen molar-refractivity contribution in [1.29, 1.82) is 0 Å². The Morgan fingerprint density at radius 1 is 1.57 bits per heavy atom. The van der Waals surface area contributed by atoms with E-state index in [2.05, 4.69) is 0 Å². The quantitative estimate of drug-likeness (QED) is 0.510. The molecule has 1 fully saturated rings. The molecule has 0 aromatic heterocycles. The molecule has 1 amide bonds. The summed E-state index contributed by atoms with van der Waals surface area (Å²) in [6, 6.07) is -1.80. The molecule has 14 heavy (non-hydrogen) atoms. The highest BCUT2D eigenvalue weighted by Gasteiger charge is 2.40. The fraction of sp³-hybridized carbons (Fsp3) is 0.750. The first-order valence-electron chi connectivity index (χ1n) is 4.42. The number of carboxylic acids is 1. The van der Waals surface area contributed by atoms with Gasteiger partial charge in [-0.3, -0.25) is 4.79 Å². The lowest BCUT2D eigenvalue weighted by molar-refractivity contribution is -0.158. The summed E-state index contributed by atoms with van der Waals surface area (Å²) >= 11 is 0. The maximum atomic E-state index is 11.5. The number of nitrogens with zero attached hydrogens (tertiary/aromatic N) is 1. The number of carboxylic acid groups (broad SMARTS) is 1. The number of likely N-dealkylation sites (tertiary alicyclic amines) is 1. The number of aliphatic hydroxyl groups is 1. The van der Waals surface area contributed by atoms with Crippen LogP contribution in [0, 0.1) is 0 Å². The standard InChI is InChI=1S/C8H14N2O4/c1-4(11)6(9)7(12)10-3-2-5(10)8(13)14/h4-6,11H,2-3,9H2,1H3,(H,13,14)/t4-,5+,6+/m1/s1. The first-order valence-corrected chi connectivity index (χ1v) is 4.42. The molecule has 0 unspecified atom stereocenters. The molecule has 0 aliphatic carbocycles. The fourth-order valence-electron chi connectivity index (χ4n) is 1.31. The van der Waals surface area contributed by atoms with Crippen LogP contribution in [0.25, 0.3) is 0 Å². The average Bonchev–Trinajstić information content (AvgIpc) is 1.99. The van der Waals surface area contributed by atoms with E-state index in [-0.39, 0.29) is 0 Å². The third-order valence-electron chi connectivity index (χ3n) is 2.39. The lowest BCUT2D eigenvalue weighted by atomic mass is 10.0. The third kappa shape index (κ3) is 1.85. The molecular formula is C8H14N2O4. The molecule has 0 saturated carbocycles. The first kappa shape index (κ1) is 10.9. The van der Waals surface area contributed by atoms with Crippen molar-refractivity contribution in [1.82, 2.24) is 4.90 Å². The third-order valence-corrected chi connectivity index (χ3v) is 2.39. The summed E-state index contributed by atoms with van der Waals surface area (Å²) in [4.78, 5) is 23.2. The van der Waals surface area contributed by atoms with Crippen molar-refractivity contribution >= 4 is 11.9 Å². The highest BCUT2D eigenvalue weighted by Crippen LogP contribution is 2.18. The van der Waals surface area contributed by atoms with Crippen molar-refractivity contribution in [2.75, 3.05) is 6.54 Å². The van der Waals surface area contributed by atoms with Crippen LogP contribution in [-0.2, 0) is 9.59 Å². The number of aliphatic hydroxyl groups excluding tert-OH is 1. The molecule has 0 spiro atoms. The van der Waals surface area contributed by atoms with E-state index in [4.69, 9.17) is 15.9 Å². The largest absolute Gasteiger partial charge is 0.480 e. The van der Waals surface area contributed by atoms with Crippen molar-refractivity contribution < 1.29 is 19.8 Å². The van der Waals surface area contributed by atoms with Crippen LogP contribution in [0.2, 0.25) is 0 Å². The molecule has 1 saturated heterocycles. The van der Waals surface area contributed by atoms with Gasteiger partial charge in [0.15, 0.2) is 0 Å². The zero-order chi connectivity index (χ0) is 10.9. The monoisotopic (exact) mass is 202 g/mol. The lowest BCUT2D eigenvalue weighted by Crippen LogP contribution is -2.61. The second kappa shape index (κ2) is 3.93. The summed E-state index contributed by atoms with van der Waals surface area (Å²) in [5.41, 5.74) is 5.40. The summed E-state index contributed by atoms with van der Waals surface area (Å²) < 4.78 is 0. The molecule has 1 rings (SSSR count). The van der Waals surface area contributed by atoms with Gasteiger partial charge in [0.2, 0.25) is 5.91 Å². The van der Waals surface area contributed by atoms with Crippen molar-refractivity contribution in [3.63, 3.8) is 0 Å². The maximum absolute atomic E-state index is 11.5. The zero-order valence-electron chi connectivity index (χ0n) is 7.88.